The van der Waals surface area contributed by atoms with Crippen molar-refractivity contribution >= 4 is 17.7 Å². The molecule has 6 nitrogen and oxygen atoms in total. The Hall–Kier alpha value is -1.69. The molecular weight excluding hydrogens is 514 g/mol. The van der Waals surface area contributed by atoms with Gasteiger partial charge in [0.15, 0.2) is 5.78 Å². The summed E-state index contributed by atoms with van der Waals surface area (Å²) in [6.45, 7) is 16.6. The van der Waals surface area contributed by atoms with Gasteiger partial charge in [0.25, 0.3) is 0 Å². The third-order valence-electron chi connectivity index (χ3n) is 14.2. The fourth-order valence-electron chi connectivity index (χ4n) is 11.2. The fourth-order valence-corrected chi connectivity index (χ4v) is 11.2. The summed E-state index contributed by atoms with van der Waals surface area (Å²) >= 11 is 0. The number of hydrogen-bond donors (Lipinski definition) is 3. The zero-order chi connectivity index (χ0) is 30.2. The average molecular weight is 570 g/mol. The molecule has 9 atom stereocenters. The maximum atomic E-state index is 14.4. The van der Waals surface area contributed by atoms with E-state index in [0.717, 1.165) is 57.8 Å². The topological polar surface area (TPSA) is 104 Å². The number of aliphatic carboxylic acids is 1. The van der Waals surface area contributed by atoms with Gasteiger partial charge in [0.1, 0.15) is 0 Å². The molecule has 5 rings (SSSR count). The molecule has 3 N–H and O–H groups in total. The van der Waals surface area contributed by atoms with Crippen LogP contribution in [0.3, 0.4) is 0 Å². The largest absolute Gasteiger partial charge is 0.481 e. The van der Waals surface area contributed by atoms with Gasteiger partial charge in [0, 0.05) is 24.3 Å². The molecule has 0 aromatic carbocycles. The van der Waals surface area contributed by atoms with Crippen molar-refractivity contribution < 1.29 is 24.6 Å². The number of carbonyl (C=O) groups excluding carboxylic acids is 2. The number of carboxylic acids is 1. The summed E-state index contributed by atoms with van der Waals surface area (Å²) in [5.41, 5.74) is 0.358. The molecule has 0 aromatic rings. The highest BCUT2D eigenvalue weighted by atomic mass is 16.4. The number of aliphatic hydroxyl groups is 1. The Bertz CT molecular complexity index is 1140. The number of amides is 1. The van der Waals surface area contributed by atoms with Gasteiger partial charge < -0.3 is 15.5 Å². The number of carboxylic acid groups (broad SMARTS) is 1. The van der Waals surface area contributed by atoms with Crippen molar-refractivity contribution in [2.45, 2.75) is 132 Å². The van der Waals surface area contributed by atoms with Crippen molar-refractivity contribution in [1.82, 2.24) is 5.32 Å². The van der Waals surface area contributed by atoms with Crippen molar-refractivity contribution in [3.05, 3.63) is 11.6 Å². The van der Waals surface area contributed by atoms with Crippen LogP contribution in [0.25, 0.3) is 0 Å². The van der Waals surface area contributed by atoms with Crippen LogP contribution in [0, 0.1) is 50.2 Å². The van der Waals surface area contributed by atoms with E-state index in [1.54, 1.807) is 0 Å². The standard InChI is InChI=1S/C35H55NO5/c1-30(2)25-11-14-35(7)28(33(25,5)13-12-26(30)38)24(37)20-22-23-21-32(4,29(41)36-19-9-8-10-27(39)40)16-15-31(23,3)17-18-34(22,35)6/h20,23,25-26,28,38H,8-19,21H2,1-7H3,(H,36,41)(H,39,40)/t23-,25-,26-,28+,31+,32-,33-,34+,35+/m0/s1. The molecular formula is C35H55NO5. The summed E-state index contributed by atoms with van der Waals surface area (Å²) in [6.07, 6.45) is 11.6. The third-order valence-corrected chi connectivity index (χ3v) is 14.2. The Labute approximate surface area is 247 Å². The second kappa shape index (κ2) is 9.92. The zero-order valence-corrected chi connectivity index (χ0v) is 26.7. The van der Waals surface area contributed by atoms with Gasteiger partial charge in [-0.2, -0.15) is 0 Å². The zero-order valence-electron chi connectivity index (χ0n) is 26.7. The number of rotatable bonds is 6. The van der Waals surface area contributed by atoms with Crippen LogP contribution in [-0.2, 0) is 14.4 Å². The molecule has 0 heterocycles. The highest BCUT2D eigenvalue weighted by Gasteiger charge is 2.70. The molecule has 4 fully saturated rings. The lowest BCUT2D eigenvalue weighted by Crippen LogP contribution is -2.66. The molecule has 1 amide bonds. The van der Waals surface area contributed by atoms with Crippen LogP contribution in [-0.4, -0.2) is 40.5 Å². The highest BCUT2D eigenvalue weighted by Crippen LogP contribution is 2.75. The number of carbonyl (C=O) groups is 3. The van der Waals surface area contributed by atoms with Crippen molar-refractivity contribution in [3.63, 3.8) is 0 Å². The summed E-state index contributed by atoms with van der Waals surface area (Å²) < 4.78 is 0. The maximum absolute atomic E-state index is 14.4. The van der Waals surface area contributed by atoms with Gasteiger partial charge in [-0.3, -0.25) is 14.4 Å². The number of fused-ring (bicyclic) bond motifs is 7. The summed E-state index contributed by atoms with van der Waals surface area (Å²) in [5.74, 6) is 0.0557. The van der Waals surface area contributed by atoms with Gasteiger partial charge in [0.2, 0.25) is 5.91 Å². The summed E-state index contributed by atoms with van der Waals surface area (Å²) in [5, 5.41) is 23.0. The predicted molar refractivity (Wildman–Crippen MR) is 160 cm³/mol. The van der Waals surface area contributed by atoms with Gasteiger partial charge in [-0.05, 0) is 116 Å². The minimum Gasteiger partial charge on any atom is -0.481 e. The maximum Gasteiger partial charge on any atom is 0.303 e. The first-order chi connectivity index (χ1) is 18.9. The number of hydrogen-bond acceptors (Lipinski definition) is 4. The van der Waals surface area contributed by atoms with Crippen molar-refractivity contribution in [2.24, 2.45) is 50.2 Å². The monoisotopic (exact) mass is 569 g/mol. The summed E-state index contributed by atoms with van der Waals surface area (Å²) in [7, 11) is 0. The predicted octanol–water partition coefficient (Wildman–Crippen LogP) is 6.70. The Morgan fingerprint density at radius 1 is 0.927 bits per heavy atom. The van der Waals surface area contributed by atoms with Gasteiger partial charge in [-0.25, -0.2) is 0 Å². The number of aliphatic hydroxyl groups excluding tert-OH is 1. The van der Waals surface area contributed by atoms with E-state index in [9.17, 15) is 19.5 Å². The molecule has 6 heteroatoms. The molecule has 0 unspecified atom stereocenters. The Balaban J connectivity index is 1.44. The van der Waals surface area contributed by atoms with E-state index in [0.29, 0.717) is 31.1 Å². The molecule has 0 spiro atoms. The van der Waals surface area contributed by atoms with E-state index < -0.39 is 11.4 Å². The van der Waals surface area contributed by atoms with Crippen LogP contribution >= 0.6 is 0 Å². The molecule has 41 heavy (non-hydrogen) atoms. The van der Waals surface area contributed by atoms with Crippen LogP contribution in [0.15, 0.2) is 11.6 Å². The van der Waals surface area contributed by atoms with Crippen LogP contribution < -0.4 is 5.32 Å². The molecule has 230 valence electrons. The number of nitrogens with one attached hydrogen (secondary N) is 1. The van der Waals surface area contributed by atoms with Crippen molar-refractivity contribution in [2.75, 3.05) is 6.54 Å². The van der Waals surface area contributed by atoms with Crippen molar-refractivity contribution in [1.29, 1.82) is 0 Å². The molecule has 0 saturated heterocycles. The van der Waals surface area contributed by atoms with Gasteiger partial charge in [0.05, 0.1) is 6.10 Å². The molecule has 0 aliphatic heterocycles. The normalized spacial score (nSPS) is 46.7. The second-order valence-electron chi connectivity index (χ2n) is 16.7. The second-order valence-corrected chi connectivity index (χ2v) is 16.7. The van der Waals surface area contributed by atoms with Gasteiger partial charge in [-0.15, -0.1) is 0 Å². The lowest BCUT2D eigenvalue weighted by molar-refractivity contribution is -0.202. The molecule has 5 aliphatic carbocycles. The number of unbranched alkanes of at least 4 members (excludes halogenated alkanes) is 1. The minimum atomic E-state index is -0.797. The summed E-state index contributed by atoms with van der Waals surface area (Å²) in [6, 6.07) is 0. The number of ketones is 1. The molecule has 0 aromatic heterocycles. The Kier molecular flexibility index (Phi) is 7.44. The number of allylic oxidation sites excluding steroid dienone is 2. The first-order valence-corrected chi connectivity index (χ1v) is 16.4. The molecule has 5 aliphatic rings. The molecule has 4 saturated carbocycles. The van der Waals surface area contributed by atoms with E-state index in [2.05, 4.69) is 59.9 Å². The quantitative estimate of drug-likeness (QED) is 0.309. The van der Waals surface area contributed by atoms with E-state index >= 15 is 0 Å². The van der Waals surface area contributed by atoms with Crippen LogP contribution in [0.2, 0.25) is 0 Å². The summed E-state index contributed by atoms with van der Waals surface area (Å²) in [4.78, 5) is 38.8. The van der Waals surface area contributed by atoms with E-state index in [-0.39, 0.29) is 57.3 Å². The smallest absolute Gasteiger partial charge is 0.303 e. The van der Waals surface area contributed by atoms with E-state index in [4.69, 9.17) is 5.11 Å². The van der Waals surface area contributed by atoms with E-state index in [1.807, 2.05) is 0 Å². The highest BCUT2D eigenvalue weighted by molar-refractivity contribution is 5.95. The Morgan fingerprint density at radius 3 is 2.29 bits per heavy atom. The van der Waals surface area contributed by atoms with Crippen LogP contribution in [0.5, 0.6) is 0 Å². The first-order valence-electron chi connectivity index (χ1n) is 16.4. The molecule has 0 bridgehead atoms. The van der Waals surface area contributed by atoms with Crippen molar-refractivity contribution in [3.8, 4) is 0 Å². The average Bonchev–Trinajstić information content (AvgIpc) is 2.88. The minimum absolute atomic E-state index is 0.0392. The van der Waals surface area contributed by atoms with E-state index in [1.165, 1.54) is 5.57 Å². The van der Waals surface area contributed by atoms with Gasteiger partial charge in [-0.1, -0.05) is 54.0 Å². The Morgan fingerprint density at radius 2 is 1.61 bits per heavy atom. The molecule has 0 radical (unpaired) electrons. The lowest BCUT2D eigenvalue weighted by atomic mass is 9.33. The third kappa shape index (κ3) is 4.47. The van der Waals surface area contributed by atoms with Crippen LogP contribution in [0.4, 0.5) is 0 Å². The fraction of sp³-hybridized carbons (Fsp3) is 0.857. The lowest BCUT2D eigenvalue weighted by Gasteiger charge is -2.70. The first kappa shape index (κ1) is 30.8. The van der Waals surface area contributed by atoms with Crippen LogP contribution in [0.1, 0.15) is 126 Å². The van der Waals surface area contributed by atoms with Gasteiger partial charge >= 0.3 is 5.97 Å². The SMILES string of the molecule is CC1(C)[C@@H](O)CC[C@]2(C)[C@H]3C(=O)C=C4[C@@H]5C[C@@](C)(C(=O)NCCCCC(=O)O)CC[C@]5(C)CC[C@@]4(C)[C@]3(C)CC[C@@H]12.